The van der Waals surface area contributed by atoms with E-state index in [-0.39, 0.29) is 0 Å². The molecule has 0 spiro atoms. The molecule has 2 heterocycles. The normalized spacial score (nSPS) is 17.4. The van der Waals surface area contributed by atoms with E-state index in [1.165, 1.54) is 16.6 Å². The minimum Gasteiger partial charge on any atom is -0.381 e. The molecule has 3 heteroatoms. The van der Waals surface area contributed by atoms with Gasteiger partial charge in [0.2, 0.25) is 0 Å². The van der Waals surface area contributed by atoms with Gasteiger partial charge in [0, 0.05) is 37.5 Å². The van der Waals surface area contributed by atoms with Gasteiger partial charge in [-0.3, -0.25) is 0 Å². The number of nitrogens with zero attached hydrogens (tertiary/aromatic N) is 1. The Kier molecular flexibility index (Phi) is 3.35. The Bertz CT molecular complexity index is 526. The number of aromatic nitrogens is 1. The van der Waals surface area contributed by atoms with Crippen LogP contribution in [-0.4, -0.2) is 17.8 Å². The number of ether oxygens (including phenoxy) is 1. The zero-order chi connectivity index (χ0) is 12.4. The third-order valence-corrected chi connectivity index (χ3v) is 3.89. The summed E-state index contributed by atoms with van der Waals surface area (Å²) in [7, 11) is 0. The lowest BCUT2D eigenvalue weighted by Gasteiger charge is -2.24. The quantitative estimate of drug-likeness (QED) is 0.901. The minimum atomic E-state index is 0.609. The first-order valence-electron chi connectivity index (χ1n) is 6.73. The molecule has 96 valence electrons. The molecule has 0 unspecified atom stereocenters. The highest BCUT2D eigenvalue weighted by molar-refractivity contribution is 5.81. The summed E-state index contributed by atoms with van der Waals surface area (Å²) < 4.78 is 7.82. The summed E-state index contributed by atoms with van der Waals surface area (Å²) in [6.07, 6.45) is 2.33. The third kappa shape index (κ3) is 2.16. The molecule has 1 aliphatic heterocycles. The van der Waals surface area contributed by atoms with E-state index >= 15 is 0 Å². The number of benzene rings is 1. The number of nitrogens with two attached hydrogens (primary N) is 1. The van der Waals surface area contributed by atoms with Gasteiger partial charge in [-0.1, -0.05) is 18.2 Å². The van der Waals surface area contributed by atoms with Crippen LogP contribution in [0.1, 0.15) is 18.5 Å². The molecule has 0 radical (unpaired) electrons. The van der Waals surface area contributed by atoms with Crippen molar-refractivity contribution < 1.29 is 4.74 Å². The van der Waals surface area contributed by atoms with Crippen molar-refractivity contribution in [2.24, 2.45) is 11.7 Å². The first kappa shape index (κ1) is 11.8. The molecule has 1 aromatic heterocycles. The van der Waals surface area contributed by atoms with Crippen LogP contribution >= 0.6 is 0 Å². The summed E-state index contributed by atoms with van der Waals surface area (Å²) >= 11 is 0. The molecule has 3 rings (SSSR count). The van der Waals surface area contributed by atoms with E-state index in [2.05, 4.69) is 34.9 Å². The van der Waals surface area contributed by atoms with Gasteiger partial charge in [0.1, 0.15) is 0 Å². The van der Waals surface area contributed by atoms with Gasteiger partial charge in [-0.15, -0.1) is 0 Å². The molecule has 0 aliphatic carbocycles. The Morgan fingerprint density at radius 2 is 2.00 bits per heavy atom. The average Bonchev–Trinajstić information content (AvgIpc) is 2.78. The average molecular weight is 244 g/mol. The second kappa shape index (κ2) is 5.12. The zero-order valence-corrected chi connectivity index (χ0v) is 10.6. The lowest BCUT2D eigenvalue weighted by atomic mass is 10.0. The summed E-state index contributed by atoms with van der Waals surface area (Å²) in [5.41, 5.74) is 8.42. The molecule has 0 bridgehead atoms. The SMILES string of the molecule is NCc1cc2ccccc2n1CC1CCOCC1. The van der Waals surface area contributed by atoms with Gasteiger partial charge in [-0.05, 0) is 36.3 Å². The lowest BCUT2D eigenvalue weighted by Crippen LogP contribution is -2.21. The molecular weight excluding hydrogens is 224 g/mol. The maximum absolute atomic E-state index is 5.87. The standard InChI is InChI=1S/C15H20N2O/c16-10-14-9-13-3-1-2-4-15(13)17(14)11-12-5-7-18-8-6-12/h1-4,9,12H,5-8,10-11,16H2. The Morgan fingerprint density at radius 1 is 1.22 bits per heavy atom. The number of rotatable bonds is 3. The summed E-state index contributed by atoms with van der Waals surface area (Å²) in [5, 5.41) is 1.30. The monoisotopic (exact) mass is 244 g/mol. The van der Waals surface area contributed by atoms with Crippen LogP contribution in [0.3, 0.4) is 0 Å². The summed E-state index contributed by atoms with van der Waals surface area (Å²) in [6.45, 7) is 3.49. The van der Waals surface area contributed by atoms with Crippen LogP contribution in [0.5, 0.6) is 0 Å². The summed E-state index contributed by atoms with van der Waals surface area (Å²) in [6, 6.07) is 10.8. The number of fused-ring (bicyclic) bond motifs is 1. The fourth-order valence-corrected chi connectivity index (χ4v) is 2.84. The van der Waals surface area contributed by atoms with Gasteiger partial charge < -0.3 is 15.0 Å². The second-order valence-corrected chi connectivity index (χ2v) is 5.06. The van der Waals surface area contributed by atoms with Gasteiger partial charge in [0.05, 0.1) is 0 Å². The lowest BCUT2D eigenvalue weighted by molar-refractivity contribution is 0.0614. The number of hydrogen-bond acceptors (Lipinski definition) is 2. The van der Waals surface area contributed by atoms with Crippen molar-refractivity contribution in [3.8, 4) is 0 Å². The molecule has 2 N–H and O–H groups in total. The highest BCUT2D eigenvalue weighted by atomic mass is 16.5. The summed E-state index contributed by atoms with van der Waals surface area (Å²) in [4.78, 5) is 0. The second-order valence-electron chi connectivity index (χ2n) is 5.06. The molecule has 1 aromatic carbocycles. The molecule has 1 aliphatic rings. The van der Waals surface area contributed by atoms with Gasteiger partial charge in [-0.25, -0.2) is 0 Å². The molecule has 0 amide bonds. The van der Waals surface area contributed by atoms with Crippen LogP contribution in [0.25, 0.3) is 10.9 Å². The fourth-order valence-electron chi connectivity index (χ4n) is 2.84. The van der Waals surface area contributed by atoms with E-state index in [1.54, 1.807) is 0 Å². The van der Waals surface area contributed by atoms with Crippen LogP contribution in [0.2, 0.25) is 0 Å². The molecule has 1 fully saturated rings. The predicted octanol–water partition coefficient (Wildman–Crippen LogP) is 2.53. The van der Waals surface area contributed by atoms with Gasteiger partial charge in [-0.2, -0.15) is 0 Å². The van der Waals surface area contributed by atoms with Crippen LogP contribution in [0.4, 0.5) is 0 Å². The third-order valence-electron chi connectivity index (χ3n) is 3.89. The molecule has 0 saturated carbocycles. The van der Waals surface area contributed by atoms with E-state index < -0.39 is 0 Å². The molecule has 0 atom stereocenters. The Balaban J connectivity index is 1.93. The van der Waals surface area contributed by atoms with E-state index in [1.807, 2.05) is 0 Å². The molecular formula is C15H20N2O. The molecule has 2 aromatic rings. The minimum absolute atomic E-state index is 0.609. The number of hydrogen-bond donors (Lipinski definition) is 1. The Labute approximate surface area is 108 Å². The first-order valence-corrected chi connectivity index (χ1v) is 6.73. The zero-order valence-electron chi connectivity index (χ0n) is 10.6. The van der Waals surface area contributed by atoms with Crippen LogP contribution in [-0.2, 0) is 17.8 Å². The highest BCUT2D eigenvalue weighted by Crippen LogP contribution is 2.24. The number of para-hydroxylation sites is 1. The van der Waals surface area contributed by atoms with E-state index in [4.69, 9.17) is 10.5 Å². The first-order chi connectivity index (χ1) is 8.88. The van der Waals surface area contributed by atoms with Gasteiger partial charge in [0.15, 0.2) is 0 Å². The fraction of sp³-hybridized carbons (Fsp3) is 0.467. The van der Waals surface area contributed by atoms with Gasteiger partial charge >= 0.3 is 0 Å². The predicted molar refractivity (Wildman–Crippen MR) is 73.4 cm³/mol. The largest absolute Gasteiger partial charge is 0.381 e. The van der Waals surface area contributed by atoms with Gasteiger partial charge in [0.25, 0.3) is 0 Å². The van der Waals surface area contributed by atoms with Crippen LogP contribution < -0.4 is 5.73 Å². The van der Waals surface area contributed by atoms with E-state index in [0.29, 0.717) is 6.54 Å². The Morgan fingerprint density at radius 3 is 2.78 bits per heavy atom. The Hall–Kier alpha value is -1.32. The van der Waals surface area contributed by atoms with Crippen LogP contribution in [0, 0.1) is 5.92 Å². The molecule has 1 saturated heterocycles. The smallest absolute Gasteiger partial charge is 0.0483 e. The van der Waals surface area contributed by atoms with Crippen molar-refractivity contribution in [1.29, 1.82) is 0 Å². The maximum Gasteiger partial charge on any atom is 0.0483 e. The molecule has 18 heavy (non-hydrogen) atoms. The highest BCUT2D eigenvalue weighted by Gasteiger charge is 2.16. The van der Waals surface area contributed by atoms with Crippen molar-refractivity contribution in [2.45, 2.75) is 25.9 Å². The van der Waals surface area contributed by atoms with Crippen LogP contribution in [0.15, 0.2) is 30.3 Å². The van der Waals surface area contributed by atoms with Crippen molar-refractivity contribution in [3.63, 3.8) is 0 Å². The van der Waals surface area contributed by atoms with E-state index in [9.17, 15) is 0 Å². The molecule has 3 nitrogen and oxygen atoms in total. The maximum atomic E-state index is 5.87. The van der Waals surface area contributed by atoms with Crippen molar-refractivity contribution in [1.82, 2.24) is 4.57 Å². The van der Waals surface area contributed by atoms with E-state index in [0.717, 1.165) is 38.5 Å². The van der Waals surface area contributed by atoms with Crippen molar-refractivity contribution >= 4 is 10.9 Å². The summed E-state index contributed by atoms with van der Waals surface area (Å²) in [5.74, 6) is 0.722. The topological polar surface area (TPSA) is 40.2 Å². The van der Waals surface area contributed by atoms with Crippen molar-refractivity contribution in [2.75, 3.05) is 13.2 Å². The van der Waals surface area contributed by atoms with Crippen molar-refractivity contribution in [3.05, 3.63) is 36.0 Å².